The predicted molar refractivity (Wildman–Crippen MR) is 66.5 cm³/mol. The van der Waals surface area contributed by atoms with Crippen LogP contribution >= 0.6 is 0 Å². The molecule has 92 valence electrons. The van der Waals surface area contributed by atoms with E-state index in [1.54, 1.807) is 0 Å². The lowest BCUT2D eigenvalue weighted by Crippen LogP contribution is -2.39. The van der Waals surface area contributed by atoms with Gasteiger partial charge in [0, 0.05) is 0 Å². The van der Waals surface area contributed by atoms with Crippen molar-refractivity contribution in [1.82, 2.24) is 0 Å². The molecule has 2 aliphatic rings. The molecular weight excluding hydrogens is 214 g/mol. The molecule has 1 heterocycles. The van der Waals surface area contributed by atoms with Gasteiger partial charge in [0.2, 0.25) is 0 Å². The van der Waals surface area contributed by atoms with Crippen LogP contribution in [0.2, 0.25) is 0 Å². The van der Waals surface area contributed by atoms with E-state index in [0.717, 1.165) is 24.5 Å². The van der Waals surface area contributed by atoms with Crippen LogP contribution in [-0.4, -0.2) is 19.8 Å². The topological polar surface area (TPSA) is 44.5 Å². The minimum atomic E-state index is 0.351. The van der Waals surface area contributed by atoms with E-state index in [-0.39, 0.29) is 0 Å². The second kappa shape index (κ2) is 4.22. The van der Waals surface area contributed by atoms with Gasteiger partial charge in [0.15, 0.2) is 11.5 Å². The van der Waals surface area contributed by atoms with E-state index in [1.165, 1.54) is 24.8 Å². The van der Waals surface area contributed by atoms with Crippen molar-refractivity contribution in [2.45, 2.75) is 25.7 Å². The summed E-state index contributed by atoms with van der Waals surface area (Å²) in [7, 11) is 0. The molecule has 2 N–H and O–H groups in total. The van der Waals surface area contributed by atoms with Crippen molar-refractivity contribution in [1.29, 1.82) is 0 Å². The molecule has 1 aromatic rings. The summed E-state index contributed by atoms with van der Waals surface area (Å²) in [6.07, 6.45) is 4.91. The zero-order chi connectivity index (χ0) is 11.7. The predicted octanol–water partition coefficient (Wildman–Crippen LogP) is 2.13. The molecule has 0 aromatic heterocycles. The number of nitrogens with two attached hydrogens (primary N) is 1. The lowest BCUT2D eigenvalue weighted by molar-refractivity contribution is 0.143. The van der Waals surface area contributed by atoms with Crippen LogP contribution in [0.4, 0.5) is 0 Å². The molecule has 1 saturated carbocycles. The van der Waals surface area contributed by atoms with Crippen molar-refractivity contribution in [3.05, 3.63) is 23.8 Å². The Balaban J connectivity index is 1.79. The minimum absolute atomic E-state index is 0.351. The maximum atomic E-state index is 5.90. The molecule has 1 aliphatic heterocycles. The fourth-order valence-electron chi connectivity index (χ4n) is 2.76. The maximum Gasteiger partial charge on any atom is 0.161 e. The van der Waals surface area contributed by atoms with Crippen LogP contribution in [0.3, 0.4) is 0 Å². The average Bonchev–Trinajstić information content (AvgIpc) is 2.34. The molecule has 0 amide bonds. The van der Waals surface area contributed by atoms with E-state index in [1.807, 2.05) is 6.07 Å². The summed E-state index contributed by atoms with van der Waals surface area (Å²) in [5, 5.41) is 0. The van der Waals surface area contributed by atoms with Crippen LogP contribution in [0.5, 0.6) is 11.5 Å². The van der Waals surface area contributed by atoms with Gasteiger partial charge >= 0.3 is 0 Å². The lowest BCUT2D eigenvalue weighted by atomic mass is 9.65. The molecule has 0 radical (unpaired) electrons. The van der Waals surface area contributed by atoms with Crippen LogP contribution < -0.4 is 15.2 Å². The molecule has 0 bridgehead atoms. The van der Waals surface area contributed by atoms with Crippen molar-refractivity contribution in [2.75, 3.05) is 19.8 Å². The smallest absolute Gasteiger partial charge is 0.161 e. The van der Waals surface area contributed by atoms with Crippen LogP contribution in [0.25, 0.3) is 0 Å². The Morgan fingerprint density at radius 3 is 2.53 bits per heavy atom. The molecule has 1 aromatic carbocycles. The van der Waals surface area contributed by atoms with Crippen molar-refractivity contribution in [2.24, 2.45) is 11.1 Å². The van der Waals surface area contributed by atoms with Gasteiger partial charge in [0.1, 0.15) is 13.2 Å². The third kappa shape index (κ3) is 2.00. The van der Waals surface area contributed by atoms with Gasteiger partial charge in [0.25, 0.3) is 0 Å². The highest BCUT2D eigenvalue weighted by Crippen LogP contribution is 2.43. The Bertz CT molecular complexity index is 407. The largest absolute Gasteiger partial charge is 0.486 e. The summed E-state index contributed by atoms with van der Waals surface area (Å²) in [6.45, 7) is 2.10. The summed E-state index contributed by atoms with van der Waals surface area (Å²) < 4.78 is 11.1. The Kier molecular flexibility index (Phi) is 2.71. The van der Waals surface area contributed by atoms with Crippen LogP contribution in [0, 0.1) is 5.41 Å². The molecule has 0 atom stereocenters. The van der Waals surface area contributed by atoms with E-state index in [0.29, 0.717) is 18.6 Å². The Labute approximate surface area is 102 Å². The van der Waals surface area contributed by atoms with Crippen LogP contribution in [0.15, 0.2) is 18.2 Å². The van der Waals surface area contributed by atoms with Gasteiger partial charge in [-0.05, 0) is 48.9 Å². The SMILES string of the molecule is NCC1(Cc2ccc3c(c2)OCCO3)CCC1. The third-order valence-electron chi connectivity index (χ3n) is 4.03. The zero-order valence-electron chi connectivity index (χ0n) is 10.1. The van der Waals surface area contributed by atoms with Gasteiger partial charge < -0.3 is 15.2 Å². The highest BCUT2D eigenvalue weighted by Gasteiger charge is 2.35. The Morgan fingerprint density at radius 1 is 1.12 bits per heavy atom. The molecule has 3 rings (SSSR count). The standard InChI is InChI=1S/C14H19NO2/c15-10-14(4-1-5-14)9-11-2-3-12-13(8-11)17-7-6-16-12/h2-3,8H,1,4-7,9-10,15H2. The molecule has 3 nitrogen and oxygen atoms in total. The fraction of sp³-hybridized carbons (Fsp3) is 0.571. The molecule has 17 heavy (non-hydrogen) atoms. The van der Waals surface area contributed by atoms with E-state index in [9.17, 15) is 0 Å². The number of hydrogen-bond acceptors (Lipinski definition) is 3. The number of rotatable bonds is 3. The van der Waals surface area contributed by atoms with Gasteiger partial charge in [-0.15, -0.1) is 0 Å². The van der Waals surface area contributed by atoms with Gasteiger partial charge in [-0.3, -0.25) is 0 Å². The second-order valence-corrected chi connectivity index (χ2v) is 5.21. The first kappa shape index (κ1) is 10.9. The number of hydrogen-bond donors (Lipinski definition) is 1. The first-order valence-corrected chi connectivity index (χ1v) is 6.40. The summed E-state index contributed by atoms with van der Waals surface area (Å²) in [6, 6.07) is 6.28. The number of benzene rings is 1. The van der Waals surface area contributed by atoms with Crippen LogP contribution in [-0.2, 0) is 6.42 Å². The van der Waals surface area contributed by atoms with Gasteiger partial charge in [-0.2, -0.15) is 0 Å². The third-order valence-corrected chi connectivity index (χ3v) is 4.03. The molecule has 0 saturated heterocycles. The zero-order valence-corrected chi connectivity index (χ0v) is 10.1. The molecule has 3 heteroatoms. The van der Waals surface area contributed by atoms with Crippen LogP contribution in [0.1, 0.15) is 24.8 Å². The number of fused-ring (bicyclic) bond motifs is 1. The maximum absolute atomic E-state index is 5.90. The van der Waals surface area contributed by atoms with Crippen molar-refractivity contribution < 1.29 is 9.47 Å². The summed E-state index contributed by atoms with van der Waals surface area (Å²) >= 11 is 0. The second-order valence-electron chi connectivity index (χ2n) is 5.21. The molecule has 1 aliphatic carbocycles. The van der Waals surface area contributed by atoms with E-state index >= 15 is 0 Å². The fourth-order valence-corrected chi connectivity index (χ4v) is 2.76. The first-order chi connectivity index (χ1) is 8.31. The van der Waals surface area contributed by atoms with Gasteiger partial charge in [-0.25, -0.2) is 0 Å². The van der Waals surface area contributed by atoms with Crippen molar-refractivity contribution >= 4 is 0 Å². The number of ether oxygens (including phenoxy) is 2. The first-order valence-electron chi connectivity index (χ1n) is 6.40. The van der Waals surface area contributed by atoms with Gasteiger partial charge in [0.05, 0.1) is 0 Å². The highest BCUT2D eigenvalue weighted by atomic mass is 16.6. The molecule has 1 fully saturated rings. The summed E-state index contributed by atoms with van der Waals surface area (Å²) in [4.78, 5) is 0. The molecule has 0 spiro atoms. The summed E-state index contributed by atoms with van der Waals surface area (Å²) in [5.74, 6) is 1.76. The van der Waals surface area contributed by atoms with Gasteiger partial charge in [-0.1, -0.05) is 12.5 Å². The Morgan fingerprint density at radius 2 is 1.88 bits per heavy atom. The van der Waals surface area contributed by atoms with E-state index in [2.05, 4.69) is 12.1 Å². The summed E-state index contributed by atoms with van der Waals surface area (Å²) in [5.41, 5.74) is 7.57. The van der Waals surface area contributed by atoms with Crippen molar-refractivity contribution in [3.8, 4) is 11.5 Å². The minimum Gasteiger partial charge on any atom is -0.486 e. The van der Waals surface area contributed by atoms with E-state index in [4.69, 9.17) is 15.2 Å². The normalized spacial score (nSPS) is 20.8. The average molecular weight is 233 g/mol. The molecular formula is C14H19NO2. The highest BCUT2D eigenvalue weighted by molar-refractivity contribution is 5.44. The monoisotopic (exact) mass is 233 g/mol. The lowest BCUT2D eigenvalue weighted by Gasteiger charge is -2.41. The van der Waals surface area contributed by atoms with E-state index < -0.39 is 0 Å². The molecule has 0 unspecified atom stereocenters. The quantitative estimate of drug-likeness (QED) is 0.869. The Hall–Kier alpha value is -1.22. The van der Waals surface area contributed by atoms with Crippen molar-refractivity contribution in [3.63, 3.8) is 0 Å².